The fraction of sp³-hybridized carbons (Fsp3) is 0.562. The van der Waals surface area contributed by atoms with Gasteiger partial charge in [0.15, 0.2) is 6.10 Å². The Hall–Kier alpha value is -0.930. The average Bonchev–Trinajstić information content (AvgIpc) is 2.43. The molecule has 118 valence electrons. The van der Waals surface area contributed by atoms with Gasteiger partial charge in [0.05, 0.1) is 5.02 Å². The molecular formula is C16H22Cl2O3. The first-order valence-corrected chi connectivity index (χ1v) is 8.14. The fourth-order valence-electron chi connectivity index (χ4n) is 2.07. The average molecular weight is 333 g/mol. The summed E-state index contributed by atoms with van der Waals surface area (Å²) >= 11 is 11.8. The Morgan fingerprint density at radius 3 is 2.48 bits per heavy atom. The second-order valence-electron chi connectivity index (χ2n) is 5.08. The van der Waals surface area contributed by atoms with Gasteiger partial charge in [0, 0.05) is 5.02 Å². The molecule has 1 N–H and O–H groups in total. The minimum atomic E-state index is -0.963. The molecule has 0 saturated carbocycles. The van der Waals surface area contributed by atoms with E-state index in [1.54, 1.807) is 18.2 Å². The van der Waals surface area contributed by atoms with Gasteiger partial charge in [-0.3, -0.25) is 0 Å². The molecule has 1 atom stereocenters. The van der Waals surface area contributed by atoms with Crippen LogP contribution < -0.4 is 4.74 Å². The molecule has 1 aromatic rings. The largest absolute Gasteiger partial charge is 0.479 e. The van der Waals surface area contributed by atoms with Crippen molar-refractivity contribution in [2.24, 2.45) is 0 Å². The maximum Gasteiger partial charge on any atom is 0.344 e. The van der Waals surface area contributed by atoms with E-state index in [-0.39, 0.29) is 0 Å². The Morgan fingerprint density at radius 1 is 1.19 bits per heavy atom. The first-order valence-electron chi connectivity index (χ1n) is 7.39. The molecule has 0 aliphatic carbocycles. The van der Waals surface area contributed by atoms with Crippen LogP contribution in [0.15, 0.2) is 18.2 Å². The molecule has 0 fully saturated rings. The van der Waals surface area contributed by atoms with Crippen LogP contribution in [0.25, 0.3) is 0 Å². The monoisotopic (exact) mass is 332 g/mol. The Morgan fingerprint density at radius 2 is 1.86 bits per heavy atom. The molecule has 0 aliphatic rings. The summed E-state index contributed by atoms with van der Waals surface area (Å²) in [6, 6.07) is 4.77. The van der Waals surface area contributed by atoms with Crippen LogP contribution in [0.2, 0.25) is 10.0 Å². The van der Waals surface area contributed by atoms with Gasteiger partial charge in [0.1, 0.15) is 5.75 Å². The number of aliphatic carboxylic acids is 1. The van der Waals surface area contributed by atoms with E-state index >= 15 is 0 Å². The van der Waals surface area contributed by atoms with Crippen molar-refractivity contribution >= 4 is 29.2 Å². The Labute approximate surface area is 136 Å². The molecule has 0 radical (unpaired) electrons. The Bertz CT molecular complexity index is 449. The van der Waals surface area contributed by atoms with Gasteiger partial charge in [-0.1, -0.05) is 62.2 Å². The Kier molecular flexibility index (Phi) is 8.55. The number of carboxylic acid groups (broad SMARTS) is 1. The third-order valence-corrected chi connectivity index (χ3v) is 3.79. The van der Waals surface area contributed by atoms with Crippen LogP contribution in [0.1, 0.15) is 51.9 Å². The van der Waals surface area contributed by atoms with Gasteiger partial charge in [-0.15, -0.1) is 0 Å². The minimum absolute atomic E-state index is 0.330. The second-order valence-corrected chi connectivity index (χ2v) is 5.92. The maximum absolute atomic E-state index is 11.3. The highest BCUT2D eigenvalue weighted by Crippen LogP contribution is 2.29. The van der Waals surface area contributed by atoms with Gasteiger partial charge in [0.25, 0.3) is 0 Å². The van der Waals surface area contributed by atoms with E-state index in [0.717, 1.165) is 19.3 Å². The maximum atomic E-state index is 11.3. The number of unbranched alkanes of at least 4 members (excludes halogenated alkanes) is 5. The van der Waals surface area contributed by atoms with Crippen molar-refractivity contribution in [2.45, 2.75) is 58.0 Å². The lowest BCUT2D eigenvalue weighted by molar-refractivity contribution is -0.145. The molecule has 1 unspecified atom stereocenters. The highest BCUT2D eigenvalue weighted by atomic mass is 35.5. The molecule has 1 aromatic carbocycles. The summed E-state index contributed by atoms with van der Waals surface area (Å²) in [6.07, 6.45) is 6.28. The highest BCUT2D eigenvalue weighted by molar-refractivity contribution is 6.35. The summed E-state index contributed by atoms with van der Waals surface area (Å²) in [5.41, 5.74) is 0. The first kappa shape index (κ1) is 18.1. The lowest BCUT2D eigenvalue weighted by Gasteiger charge is -2.16. The number of ether oxygens (including phenoxy) is 1. The molecular weight excluding hydrogens is 311 g/mol. The van der Waals surface area contributed by atoms with Gasteiger partial charge in [-0.2, -0.15) is 0 Å². The van der Waals surface area contributed by atoms with Crippen molar-refractivity contribution in [1.82, 2.24) is 0 Å². The predicted octanol–water partition coefficient (Wildman–Crippen LogP) is 5.58. The van der Waals surface area contributed by atoms with Crippen molar-refractivity contribution in [3.63, 3.8) is 0 Å². The summed E-state index contributed by atoms with van der Waals surface area (Å²) in [6.45, 7) is 2.17. The molecule has 1 rings (SSSR count). The lowest BCUT2D eigenvalue weighted by atomic mass is 10.1. The Balaban J connectivity index is 2.44. The fourth-order valence-corrected chi connectivity index (χ4v) is 2.52. The topological polar surface area (TPSA) is 46.5 Å². The van der Waals surface area contributed by atoms with Crippen molar-refractivity contribution < 1.29 is 14.6 Å². The summed E-state index contributed by atoms with van der Waals surface area (Å²) in [5, 5.41) is 10.1. The standard InChI is InChI=1S/C16H22Cl2O3/c1-2-3-4-5-6-7-8-15(16(19)20)21-14-10-9-12(17)11-13(14)18/h9-11,15H,2-8H2,1H3,(H,19,20). The first-order chi connectivity index (χ1) is 10.0. The van der Waals surface area contributed by atoms with Crippen LogP contribution in [-0.4, -0.2) is 17.2 Å². The molecule has 0 saturated heterocycles. The van der Waals surface area contributed by atoms with Crippen LogP contribution >= 0.6 is 23.2 Å². The summed E-state index contributed by atoms with van der Waals surface area (Å²) in [7, 11) is 0. The van der Waals surface area contributed by atoms with Crippen LogP contribution in [0.5, 0.6) is 5.75 Å². The number of halogens is 2. The summed E-state index contributed by atoms with van der Waals surface area (Å²) < 4.78 is 5.50. The normalized spacial score (nSPS) is 12.1. The number of carbonyl (C=O) groups is 1. The number of carboxylic acids is 1. The molecule has 0 aliphatic heterocycles. The van der Waals surface area contributed by atoms with E-state index in [4.69, 9.17) is 27.9 Å². The molecule has 21 heavy (non-hydrogen) atoms. The highest BCUT2D eigenvalue weighted by Gasteiger charge is 2.20. The van der Waals surface area contributed by atoms with Crippen LogP contribution in [0, 0.1) is 0 Å². The molecule has 0 aromatic heterocycles. The number of rotatable bonds is 10. The van der Waals surface area contributed by atoms with E-state index in [1.807, 2.05) is 0 Å². The number of hydrogen-bond donors (Lipinski definition) is 1. The van der Waals surface area contributed by atoms with E-state index in [0.29, 0.717) is 22.2 Å². The summed E-state index contributed by atoms with van der Waals surface area (Å²) in [4.78, 5) is 11.3. The quantitative estimate of drug-likeness (QED) is 0.569. The molecule has 0 heterocycles. The number of hydrogen-bond acceptors (Lipinski definition) is 2. The lowest BCUT2D eigenvalue weighted by Crippen LogP contribution is -2.27. The van der Waals surface area contributed by atoms with Crippen LogP contribution in [0.4, 0.5) is 0 Å². The molecule has 3 nitrogen and oxygen atoms in total. The van der Waals surface area contributed by atoms with Crippen molar-refractivity contribution in [2.75, 3.05) is 0 Å². The number of benzene rings is 1. The van der Waals surface area contributed by atoms with Crippen molar-refractivity contribution in [1.29, 1.82) is 0 Å². The van der Waals surface area contributed by atoms with Crippen LogP contribution in [-0.2, 0) is 4.79 Å². The third-order valence-electron chi connectivity index (χ3n) is 3.26. The van der Waals surface area contributed by atoms with Crippen molar-refractivity contribution in [3.05, 3.63) is 28.2 Å². The van der Waals surface area contributed by atoms with E-state index in [2.05, 4.69) is 6.92 Å². The summed E-state index contributed by atoms with van der Waals surface area (Å²) in [5.74, 6) is -0.603. The van der Waals surface area contributed by atoms with E-state index in [9.17, 15) is 9.90 Å². The predicted molar refractivity (Wildman–Crippen MR) is 86.5 cm³/mol. The van der Waals surface area contributed by atoms with Gasteiger partial charge in [-0.05, 0) is 31.0 Å². The van der Waals surface area contributed by atoms with Crippen molar-refractivity contribution in [3.8, 4) is 5.75 Å². The molecule has 0 bridgehead atoms. The zero-order valence-electron chi connectivity index (χ0n) is 12.3. The zero-order chi connectivity index (χ0) is 15.7. The van der Waals surface area contributed by atoms with Gasteiger partial charge in [0.2, 0.25) is 0 Å². The SMILES string of the molecule is CCCCCCCCC(Oc1ccc(Cl)cc1Cl)C(=O)O. The van der Waals surface area contributed by atoms with E-state index in [1.165, 1.54) is 19.3 Å². The third kappa shape index (κ3) is 7.05. The van der Waals surface area contributed by atoms with Gasteiger partial charge >= 0.3 is 5.97 Å². The van der Waals surface area contributed by atoms with Crippen LogP contribution in [0.3, 0.4) is 0 Å². The minimum Gasteiger partial charge on any atom is -0.479 e. The smallest absolute Gasteiger partial charge is 0.344 e. The van der Waals surface area contributed by atoms with E-state index < -0.39 is 12.1 Å². The molecule has 5 heteroatoms. The molecule has 0 amide bonds. The van der Waals surface area contributed by atoms with Gasteiger partial charge < -0.3 is 9.84 Å². The molecule has 0 spiro atoms. The van der Waals surface area contributed by atoms with Gasteiger partial charge in [-0.25, -0.2) is 4.79 Å². The zero-order valence-corrected chi connectivity index (χ0v) is 13.8. The second kappa shape index (κ2) is 9.91.